The molecule has 1 N–H and O–H groups in total. The van der Waals surface area contributed by atoms with E-state index in [1.807, 2.05) is 7.05 Å². The minimum atomic E-state index is -5.84. The summed E-state index contributed by atoms with van der Waals surface area (Å²) in [5.74, 6) is 1.59. The Balaban J connectivity index is 0.000000300. The predicted octanol–water partition coefficient (Wildman–Crippen LogP) is 1.70. The lowest BCUT2D eigenvalue weighted by molar-refractivity contribution is -0.670. The van der Waals surface area contributed by atoms with Crippen molar-refractivity contribution in [3.8, 4) is 0 Å². The Hall–Kier alpha value is -1.18. The first-order valence-corrected chi connectivity index (χ1v) is 11.7. The Bertz CT molecular complexity index is 854. The van der Waals surface area contributed by atoms with Crippen LogP contribution >= 0.6 is 0 Å². The smallest absolute Gasteiger partial charge is 0.279 e. The third-order valence-corrected chi connectivity index (χ3v) is 7.55. The van der Waals surface area contributed by atoms with Gasteiger partial charge in [0.25, 0.3) is 6.33 Å². The normalized spacial score (nSPS) is 20.8. The van der Waals surface area contributed by atoms with Crippen molar-refractivity contribution in [3.05, 3.63) is 18.7 Å². The van der Waals surface area contributed by atoms with Gasteiger partial charge in [-0.3, -0.25) is 4.55 Å². The molecule has 8 nitrogen and oxygen atoms in total. The number of nitrogens with zero attached hydrogens (tertiary/aromatic N) is 3. The number of aromatic nitrogens is 2. The highest BCUT2D eigenvalue weighted by molar-refractivity contribution is 7.87. The van der Waals surface area contributed by atoms with Gasteiger partial charge < -0.3 is 0 Å². The van der Waals surface area contributed by atoms with Crippen LogP contribution in [-0.2, 0) is 27.4 Å². The van der Waals surface area contributed by atoms with Crippen molar-refractivity contribution in [2.24, 2.45) is 18.9 Å². The molecular weight excluding hydrogens is 423 g/mol. The summed E-state index contributed by atoms with van der Waals surface area (Å²) in [6.45, 7) is 1.34. The highest BCUT2D eigenvalue weighted by atomic mass is 32.2. The maximum atomic E-state index is 12.5. The van der Waals surface area contributed by atoms with Crippen LogP contribution < -0.4 is 4.57 Å². The van der Waals surface area contributed by atoms with Crippen LogP contribution in [0.2, 0.25) is 0 Å². The summed E-state index contributed by atoms with van der Waals surface area (Å²) < 4.78 is 87.3. The van der Waals surface area contributed by atoms with Gasteiger partial charge in [0.1, 0.15) is 12.4 Å². The second-order valence-electron chi connectivity index (χ2n) is 7.12. The minimum absolute atomic E-state index is 0.672. The van der Waals surface area contributed by atoms with E-state index in [0.29, 0.717) is 13.1 Å². The molecule has 2 fully saturated rings. The van der Waals surface area contributed by atoms with Crippen molar-refractivity contribution >= 4 is 20.3 Å². The summed E-state index contributed by atoms with van der Waals surface area (Å²) in [5, 5.41) is 0. The first-order valence-electron chi connectivity index (χ1n) is 8.90. The van der Waals surface area contributed by atoms with Gasteiger partial charge in [0.15, 0.2) is 0 Å². The van der Waals surface area contributed by atoms with Gasteiger partial charge in [-0.25, -0.2) is 4.57 Å². The summed E-state index contributed by atoms with van der Waals surface area (Å²) in [6, 6.07) is 0. The topological polar surface area (TPSA) is 101 Å². The van der Waals surface area contributed by atoms with E-state index in [0.717, 1.165) is 24.7 Å². The molecule has 13 heteroatoms. The second-order valence-corrected chi connectivity index (χ2v) is 10.4. The highest BCUT2D eigenvalue weighted by Crippen LogP contribution is 2.37. The van der Waals surface area contributed by atoms with Gasteiger partial charge >= 0.3 is 25.8 Å². The number of alkyl halides is 3. The summed E-state index contributed by atoms with van der Waals surface area (Å²) in [4.78, 5) is 0. The molecule has 0 spiro atoms. The van der Waals surface area contributed by atoms with Crippen LogP contribution in [0.4, 0.5) is 13.2 Å². The largest absolute Gasteiger partial charge is 0.522 e. The predicted molar refractivity (Wildman–Crippen MR) is 93.8 cm³/mol. The first-order chi connectivity index (χ1) is 12.8. The van der Waals surface area contributed by atoms with Gasteiger partial charge in [-0.1, -0.05) is 25.7 Å². The van der Waals surface area contributed by atoms with E-state index in [1.165, 1.54) is 29.7 Å². The van der Waals surface area contributed by atoms with Crippen LogP contribution in [0, 0.1) is 11.8 Å². The third kappa shape index (κ3) is 5.67. The van der Waals surface area contributed by atoms with Gasteiger partial charge in [0.2, 0.25) is 0 Å². The molecule has 1 aliphatic carbocycles. The van der Waals surface area contributed by atoms with E-state index in [9.17, 15) is 21.6 Å². The number of hydrogen-bond donors (Lipinski definition) is 1. The SMILES string of the molecule is C[n+]1ccn(S(=O)(=O)N2CCC(C3CCCC3)CC2)c1.O=S(=O)(O)C(F)(F)F. The maximum Gasteiger partial charge on any atom is 0.522 e. The van der Waals surface area contributed by atoms with Crippen molar-refractivity contribution in [1.82, 2.24) is 8.28 Å². The van der Waals surface area contributed by atoms with Crippen LogP contribution in [0.1, 0.15) is 38.5 Å². The zero-order chi connectivity index (χ0) is 21.2. The third-order valence-electron chi connectivity index (χ3n) is 5.19. The van der Waals surface area contributed by atoms with E-state index in [4.69, 9.17) is 13.0 Å². The molecule has 2 heterocycles. The van der Waals surface area contributed by atoms with E-state index in [1.54, 1.807) is 27.6 Å². The van der Waals surface area contributed by atoms with E-state index >= 15 is 0 Å². The van der Waals surface area contributed by atoms with Crippen molar-refractivity contribution < 1.29 is 39.1 Å². The van der Waals surface area contributed by atoms with E-state index in [-0.39, 0.29) is 0 Å². The Labute approximate surface area is 162 Å². The van der Waals surface area contributed by atoms with Crippen molar-refractivity contribution in [3.63, 3.8) is 0 Å². The quantitative estimate of drug-likeness (QED) is 0.431. The fraction of sp³-hybridized carbons (Fsp3) is 0.800. The molecule has 0 bridgehead atoms. The lowest BCUT2D eigenvalue weighted by Gasteiger charge is -2.32. The molecule has 0 aromatic carbocycles. The fourth-order valence-corrected chi connectivity index (χ4v) is 5.12. The zero-order valence-corrected chi connectivity index (χ0v) is 17.0. The van der Waals surface area contributed by atoms with Crippen LogP contribution in [-0.4, -0.2) is 48.3 Å². The molecule has 1 saturated carbocycles. The van der Waals surface area contributed by atoms with Gasteiger partial charge in [-0.05, 0) is 24.7 Å². The molecule has 1 aromatic heterocycles. The molecule has 3 rings (SSSR count). The average Bonchev–Trinajstić information content (AvgIpc) is 3.25. The lowest BCUT2D eigenvalue weighted by Crippen LogP contribution is -2.42. The van der Waals surface area contributed by atoms with Crippen LogP contribution in [0.15, 0.2) is 18.7 Å². The summed E-state index contributed by atoms with van der Waals surface area (Å²) in [7, 11) is -7.37. The number of hydrogen-bond acceptors (Lipinski definition) is 4. The molecule has 1 saturated heterocycles. The zero-order valence-electron chi connectivity index (χ0n) is 15.4. The molecular formula is C15H25F3N3O5S2+. The monoisotopic (exact) mass is 448 g/mol. The summed E-state index contributed by atoms with van der Waals surface area (Å²) in [5.41, 5.74) is -5.53. The molecule has 1 aliphatic heterocycles. The molecule has 28 heavy (non-hydrogen) atoms. The number of aryl methyl sites for hydroxylation is 1. The first kappa shape index (κ1) is 23.1. The molecule has 0 atom stereocenters. The molecule has 0 unspecified atom stereocenters. The van der Waals surface area contributed by atoms with Crippen molar-refractivity contribution in [2.45, 2.75) is 44.0 Å². The Morgan fingerprint density at radius 3 is 1.86 bits per heavy atom. The van der Waals surface area contributed by atoms with Crippen LogP contribution in [0.5, 0.6) is 0 Å². The van der Waals surface area contributed by atoms with Crippen molar-refractivity contribution in [1.29, 1.82) is 0 Å². The lowest BCUT2D eigenvalue weighted by atomic mass is 9.84. The van der Waals surface area contributed by atoms with Crippen LogP contribution in [0.3, 0.4) is 0 Å². The van der Waals surface area contributed by atoms with Gasteiger partial charge in [0, 0.05) is 13.1 Å². The summed E-state index contributed by atoms with van der Waals surface area (Å²) in [6.07, 6.45) is 12.5. The number of rotatable bonds is 3. The number of imidazole rings is 1. The number of piperidine rings is 1. The second kappa shape index (κ2) is 8.67. The Kier molecular flexibility index (Phi) is 7.16. The standard InChI is InChI=1S/C14H24N3O2S.CHF3O3S/c1-15-10-11-17(12-15)20(18,19)16-8-6-14(7-9-16)13-4-2-3-5-13;2-1(3,4)8(5,6)7/h10-14H,2-9H2,1H3;(H,5,6,7)/q+1;. The highest BCUT2D eigenvalue weighted by Gasteiger charge is 2.44. The molecule has 0 amide bonds. The van der Waals surface area contributed by atoms with E-state index in [2.05, 4.69) is 0 Å². The Morgan fingerprint density at radius 2 is 1.46 bits per heavy atom. The van der Waals surface area contributed by atoms with E-state index < -0.39 is 25.8 Å². The fourth-order valence-electron chi connectivity index (χ4n) is 3.70. The minimum Gasteiger partial charge on any atom is -0.279 e. The number of halogens is 3. The molecule has 2 aliphatic rings. The van der Waals surface area contributed by atoms with Gasteiger partial charge in [0.05, 0.1) is 7.05 Å². The Morgan fingerprint density at radius 1 is 1.00 bits per heavy atom. The average molecular weight is 449 g/mol. The van der Waals surface area contributed by atoms with Crippen LogP contribution in [0.25, 0.3) is 0 Å². The molecule has 1 aromatic rings. The maximum absolute atomic E-state index is 12.5. The van der Waals surface area contributed by atoms with Gasteiger partial charge in [-0.2, -0.15) is 34.3 Å². The summed E-state index contributed by atoms with van der Waals surface area (Å²) >= 11 is 0. The molecule has 162 valence electrons. The van der Waals surface area contributed by atoms with Gasteiger partial charge in [-0.15, -0.1) is 3.97 Å². The van der Waals surface area contributed by atoms with Crippen molar-refractivity contribution in [2.75, 3.05) is 13.1 Å². The molecule has 0 radical (unpaired) electrons.